The van der Waals surface area contributed by atoms with Crippen molar-refractivity contribution < 1.29 is 23.8 Å². The quantitative estimate of drug-likeness (QED) is 0.744. The van der Waals surface area contributed by atoms with Crippen LogP contribution in [-0.2, 0) is 16.0 Å². The summed E-state index contributed by atoms with van der Waals surface area (Å²) in [5, 5.41) is 3.17. The summed E-state index contributed by atoms with van der Waals surface area (Å²) in [6.45, 7) is -0.372. The molecule has 1 aliphatic rings. The van der Waals surface area contributed by atoms with Crippen molar-refractivity contribution in [1.29, 1.82) is 0 Å². The summed E-state index contributed by atoms with van der Waals surface area (Å²) >= 11 is 6.10. The van der Waals surface area contributed by atoms with Crippen molar-refractivity contribution in [1.82, 2.24) is 5.32 Å². The lowest BCUT2D eigenvalue weighted by Gasteiger charge is -2.26. The van der Waals surface area contributed by atoms with E-state index in [0.29, 0.717) is 11.5 Å². The number of hydrogen-bond acceptors (Lipinski definition) is 5. The van der Waals surface area contributed by atoms with Gasteiger partial charge in [0.25, 0.3) is 5.91 Å². The van der Waals surface area contributed by atoms with Crippen LogP contribution < -0.4 is 14.8 Å². The van der Waals surface area contributed by atoms with Crippen LogP contribution in [0, 0.1) is 0 Å². The Balaban J connectivity index is 1.61. The predicted octanol–water partition coefficient (Wildman–Crippen LogP) is 3.71. The number of amides is 1. The van der Waals surface area contributed by atoms with E-state index < -0.39 is 5.97 Å². The average Bonchev–Trinajstić information content (AvgIpc) is 2.71. The molecule has 0 saturated heterocycles. The van der Waals surface area contributed by atoms with E-state index in [0.717, 1.165) is 24.8 Å². The van der Waals surface area contributed by atoms with Crippen LogP contribution in [0.25, 0.3) is 0 Å². The summed E-state index contributed by atoms with van der Waals surface area (Å²) in [7, 11) is 2.90. The molecule has 0 aliphatic heterocycles. The van der Waals surface area contributed by atoms with Gasteiger partial charge < -0.3 is 19.5 Å². The summed E-state index contributed by atoms with van der Waals surface area (Å²) in [4.78, 5) is 24.6. The van der Waals surface area contributed by atoms with Gasteiger partial charge in [0.15, 0.2) is 18.1 Å². The minimum absolute atomic E-state index is 0.0633. The van der Waals surface area contributed by atoms with Gasteiger partial charge in [-0.2, -0.15) is 0 Å². The van der Waals surface area contributed by atoms with Gasteiger partial charge in [0, 0.05) is 0 Å². The lowest BCUT2D eigenvalue weighted by molar-refractivity contribution is -0.125. The van der Waals surface area contributed by atoms with E-state index in [1.165, 1.54) is 31.9 Å². The van der Waals surface area contributed by atoms with Gasteiger partial charge in [-0.05, 0) is 42.5 Å². The van der Waals surface area contributed by atoms with Crippen molar-refractivity contribution in [3.63, 3.8) is 0 Å². The van der Waals surface area contributed by atoms with Crippen molar-refractivity contribution in [3.05, 3.63) is 58.1 Å². The molecule has 1 amide bonds. The molecule has 1 N–H and O–H groups in total. The number of methoxy groups -OCH3 is 2. The number of rotatable bonds is 6. The molecule has 0 radical (unpaired) electrons. The van der Waals surface area contributed by atoms with E-state index in [1.54, 1.807) is 0 Å². The van der Waals surface area contributed by atoms with E-state index in [1.807, 2.05) is 18.2 Å². The molecular weight excluding hydrogens is 382 g/mol. The summed E-state index contributed by atoms with van der Waals surface area (Å²) in [6, 6.07) is 10.9. The normalized spacial score (nSPS) is 15.3. The molecule has 1 aliphatic carbocycles. The Hall–Kier alpha value is -2.73. The molecule has 0 bridgehead atoms. The first-order chi connectivity index (χ1) is 13.5. The molecule has 0 unspecified atom stereocenters. The maximum Gasteiger partial charge on any atom is 0.338 e. The zero-order chi connectivity index (χ0) is 20.1. The number of benzene rings is 2. The lowest BCUT2D eigenvalue weighted by atomic mass is 9.88. The monoisotopic (exact) mass is 403 g/mol. The van der Waals surface area contributed by atoms with Crippen molar-refractivity contribution in [2.75, 3.05) is 20.8 Å². The van der Waals surface area contributed by atoms with Crippen LogP contribution in [0.15, 0.2) is 36.4 Å². The highest BCUT2D eigenvalue weighted by Crippen LogP contribution is 2.36. The molecule has 3 rings (SSSR count). The number of carbonyl (C=O) groups excluding carboxylic acids is 2. The molecule has 6 nitrogen and oxygen atoms in total. The third kappa shape index (κ3) is 4.39. The summed E-state index contributed by atoms with van der Waals surface area (Å²) < 4.78 is 15.5. The third-order valence-corrected chi connectivity index (χ3v) is 4.99. The minimum atomic E-state index is -0.665. The van der Waals surface area contributed by atoms with Crippen molar-refractivity contribution >= 4 is 23.5 Å². The maximum absolute atomic E-state index is 12.3. The molecule has 0 saturated carbocycles. The van der Waals surface area contributed by atoms with E-state index in [4.69, 9.17) is 25.8 Å². The van der Waals surface area contributed by atoms with E-state index in [2.05, 4.69) is 11.4 Å². The van der Waals surface area contributed by atoms with Crippen LogP contribution in [0.3, 0.4) is 0 Å². The van der Waals surface area contributed by atoms with Crippen LogP contribution in [0.4, 0.5) is 0 Å². The summed E-state index contributed by atoms with van der Waals surface area (Å²) in [6.07, 6.45) is 2.88. The Morgan fingerprint density at radius 1 is 1.18 bits per heavy atom. The fourth-order valence-corrected chi connectivity index (χ4v) is 3.68. The first-order valence-electron chi connectivity index (χ1n) is 8.99. The average molecular weight is 404 g/mol. The third-order valence-electron chi connectivity index (χ3n) is 4.71. The number of hydrogen-bond donors (Lipinski definition) is 1. The number of nitrogens with one attached hydrogen (secondary N) is 1. The number of ether oxygens (including phenoxy) is 3. The smallest absolute Gasteiger partial charge is 0.338 e. The van der Waals surface area contributed by atoms with E-state index in [-0.39, 0.29) is 29.1 Å². The van der Waals surface area contributed by atoms with Gasteiger partial charge in [-0.3, -0.25) is 4.79 Å². The van der Waals surface area contributed by atoms with Crippen LogP contribution in [-0.4, -0.2) is 32.7 Å². The highest BCUT2D eigenvalue weighted by Gasteiger charge is 2.22. The first-order valence-corrected chi connectivity index (χ1v) is 9.37. The van der Waals surface area contributed by atoms with Crippen LogP contribution in [0.2, 0.25) is 5.02 Å². The highest BCUT2D eigenvalue weighted by molar-refractivity contribution is 6.32. The second-order valence-electron chi connectivity index (χ2n) is 6.48. The minimum Gasteiger partial charge on any atom is -0.493 e. The second-order valence-corrected chi connectivity index (χ2v) is 6.89. The van der Waals surface area contributed by atoms with Crippen molar-refractivity contribution in [3.8, 4) is 11.5 Å². The Bertz CT molecular complexity index is 883. The molecule has 0 spiro atoms. The van der Waals surface area contributed by atoms with Gasteiger partial charge in [0.1, 0.15) is 0 Å². The van der Waals surface area contributed by atoms with Crippen molar-refractivity contribution in [2.24, 2.45) is 0 Å². The Kier molecular flexibility index (Phi) is 6.41. The summed E-state index contributed by atoms with van der Waals surface area (Å²) in [5.74, 6) is -0.372. The molecule has 148 valence electrons. The fraction of sp³-hybridized carbons (Fsp3) is 0.333. The molecule has 2 aromatic rings. The van der Waals surface area contributed by atoms with E-state index in [9.17, 15) is 9.59 Å². The topological polar surface area (TPSA) is 73.9 Å². The van der Waals surface area contributed by atoms with Gasteiger partial charge in [0.05, 0.1) is 30.8 Å². The Morgan fingerprint density at radius 3 is 2.71 bits per heavy atom. The van der Waals surface area contributed by atoms with Gasteiger partial charge in [-0.1, -0.05) is 35.9 Å². The highest BCUT2D eigenvalue weighted by atomic mass is 35.5. The number of halogens is 1. The number of esters is 1. The Morgan fingerprint density at radius 2 is 1.96 bits per heavy atom. The van der Waals surface area contributed by atoms with Gasteiger partial charge in [-0.25, -0.2) is 4.79 Å². The zero-order valence-corrected chi connectivity index (χ0v) is 16.5. The Labute approximate surface area is 168 Å². The molecule has 7 heteroatoms. The molecule has 0 heterocycles. The second kappa shape index (κ2) is 8.97. The van der Waals surface area contributed by atoms with Gasteiger partial charge in [0.2, 0.25) is 0 Å². The van der Waals surface area contributed by atoms with Crippen molar-refractivity contribution in [2.45, 2.75) is 25.3 Å². The van der Waals surface area contributed by atoms with Gasteiger partial charge in [-0.15, -0.1) is 0 Å². The molecule has 28 heavy (non-hydrogen) atoms. The zero-order valence-electron chi connectivity index (χ0n) is 15.8. The first kappa shape index (κ1) is 20.0. The largest absolute Gasteiger partial charge is 0.493 e. The fourth-order valence-electron chi connectivity index (χ4n) is 3.39. The van der Waals surface area contributed by atoms with Crippen LogP contribution >= 0.6 is 11.6 Å². The molecule has 0 aromatic heterocycles. The maximum atomic E-state index is 12.3. The number of carbonyl (C=O) groups is 2. The van der Waals surface area contributed by atoms with E-state index >= 15 is 0 Å². The molecule has 1 atom stereocenters. The number of aryl methyl sites for hydroxylation is 1. The predicted molar refractivity (Wildman–Crippen MR) is 105 cm³/mol. The van der Waals surface area contributed by atoms with Crippen LogP contribution in [0.1, 0.15) is 40.4 Å². The molecule has 2 aromatic carbocycles. The van der Waals surface area contributed by atoms with Gasteiger partial charge >= 0.3 is 5.97 Å². The molecular formula is C21H22ClNO5. The lowest BCUT2D eigenvalue weighted by Crippen LogP contribution is -2.34. The summed E-state index contributed by atoms with van der Waals surface area (Å²) in [5.41, 5.74) is 2.55. The standard InChI is InChI=1S/C21H22ClNO5/c1-26-18-11-14(10-16(22)20(18)27-2)21(25)28-12-19(24)23-17-9-5-7-13-6-3-4-8-15(13)17/h3-4,6,8,10-11,17H,5,7,9,12H2,1-2H3,(H,23,24)/t17-/m0/s1. The van der Waals surface area contributed by atoms with Crippen LogP contribution in [0.5, 0.6) is 11.5 Å². The number of fused-ring (bicyclic) bond motifs is 1. The SMILES string of the molecule is COc1cc(C(=O)OCC(=O)N[C@H]2CCCc3ccccc32)cc(Cl)c1OC. The molecule has 0 fully saturated rings.